The quantitative estimate of drug-likeness (QED) is 0.489. The molecule has 2 saturated carbocycles. The molecule has 2 aromatic carbocycles. The molecule has 1 heterocycles. The minimum atomic E-state index is -0.256. The largest absolute Gasteiger partial charge is 0.322 e. The lowest BCUT2D eigenvalue weighted by atomic mass is 9.81. The van der Waals surface area contributed by atoms with E-state index in [0.717, 1.165) is 6.42 Å². The molecular formula is C22H18Br2N2O3. The molecular weight excluding hydrogens is 500 g/mol. The summed E-state index contributed by atoms with van der Waals surface area (Å²) < 4.78 is 0. The van der Waals surface area contributed by atoms with Crippen LogP contribution in [0.25, 0.3) is 0 Å². The summed E-state index contributed by atoms with van der Waals surface area (Å²) in [6.07, 6.45) is 0.902. The van der Waals surface area contributed by atoms with Crippen LogP contribution in [-0.4, -0.2) is 27.4 Å². The summed E-state index contributed by atoms with van der Waals surface area (Å²) in [5.41, 5.74) is 1.61. The van der Waals surface area contributed by atoms with E-state index in [1.54, 1.807) is 48.5 Å². The molecule has 1 saturated heterocycles. The number of hydrogen-bond acceptors (Lipinski definition) is 3. The molecule has 3 amide bonds. The Morgan fingerprint density at radius 2 is 1.52 bits per heavy atom. The van der Waals surface area contributed by atoms with Gasteiger partial charge < -0.3 is 5.32 Å². The molecule has 148 valence electrons. The fourth-order valence-corrected chi connectivity index (χ4v) is 6.99. The zero-order valence-electron chi connectivity index (χ0n) is 15.3. The first-order valence-electron chi connectivity index (χ1n) is 9.60. The van der Waals surface area contributed by atoms with Crippen molar-refractivity contribution in [3.8, 4) is 0 Å². The van der Waals surface area contributed by atoms with E-state index in [1.807, 2.05) is 6.07 Å². The maximum Gasteiger partial charge on any atom is 0.255 e. The van der Waals surface area contributed by atoms with Gasteiger partial charge in [0.2, 0.25) is 11.8 Å². The Labute approximate surface area is 185 Å². The van der Waals surface area contributed by atoms with Gasteiger partial charge in [0.1, 0.15) is 0 Å². The highest BCUT2D eigenvalue weighted by molar-refractivity contribution is 9.12. The summed E-state index contributed by atoms with van der Waals surface area (Å²) in [4.78, 5) is 40.5. The van der Waals surface area contributed by atoms with Crippen LogP contribution >= 0.6 is 31.9 Å². The third-order valence-corrected chi connectivity index (χ3v) is 9.59. The van der Waals surface area contributed by atoms with Crippen LogP contribution < -0.4 is 10.2 Å². The molecule has 0 unspecified atom stereocenters. The van der Waals surface area contributed by atoms with Crippen molar-refractivity contribution >= 4 is 61.0 Å². The van der Waals surface area contributed by atoms with Crippen LogP contribution in [0.4, 0.5) is 11.4 Å². The second kappa shape index (κ2) is 7.06. The van der Waals surface area contributed by atoms with Gasteiger partial charge in [0.15, 0.2) is 0 Å². The van der Waals surface area contributed by atoms with Crippen molar-refractivity contribution in [1.29, 1.82) is 0 Å². The third kappa shape index (κ3) is 2.89. The van der Waals surface area contributed by atoms with Crippen molar-refractivity contribution in [2.24, 2.45) is 23.7 Å². The second-order valence-electron chi connectivity index (χ2n) is 7.89. The Morgan fingerprint density at radius 3 is 2.14 bits per heavy atom. The van der Waals surface area contributed by atoms with Crippen molar-refractivity contribution in [3.63, 3.8) is 0 Å². The van der Waals surface area contributed by atoms with Crippen molar-refractivity contribution in [3.05, 3.63) is 60.2 Å². The molecule has 29 heavy (non-hydrogen) atoms. The van der Waals surface area contributed by atoms with Crippen LogP contribution in [0, 0.1) is 23.7 Å². The summed E-state index contributed by atoms with van der Waals surface area (Å²) in [5, 5.41) is 2.84. The van der Waals surface area contributed by atoms with E-state index in [2.05, 4.69) is 37.2 Å². The SMILES string of the molecule is O=C(Nc1cccc(N2C(=O)[C@@H]3[C@H]4C[C@@H]([C@H](Br)[C@H]4Br)[C@H]3C2=O)c1)c1ccccc1. The number of nitrogens with one attached hydrogen (secondary N) is 1. The van der Waals surface area contributed by atoms with Gasteiger partial charge in [-0.05, 0) is 48.6 Å². The number of nitrogens with zero attached hydrogens (tertiary/aromatic N) is 1. The van der Waals surface area contributed by atoms with E-state index >= 15 is 0 Å². The van der Waals surface area contributed by atoms with Crippen LogP contribution in [0.5, 0.6) is 0 Å². The van der Waals surface area contributed by atoms with Gasteiger partial charge in [-0.3, -0.25) is 14.4 Å². The van der Waals surface area contributed by atoms with Gasteiger partial charge in [-0.1, -0.05) is 56.1 Å². The Hall–Kier alpha value is -1.99. The van der Waals surface area contributed by atoms with E-state index < -0.39 is 0 Å². The predicted molar refractivity (Wildman–Crippen MR) is 117 cm³/mol. The molecule has 0 spiro atoms. The fraction of sp³-hybridized carbons (Fsp3) is 0.318. The summed E-state index contributed by atoms with van der Waals surface area (Å²) in [5.74, 6) is -0.637. The lowest BCUT2D eigenvalue weighted by Gasteiger charge is -2.28. The van der Waals surface area contributed by atoms with Gasteiger partial charge >= 0.3 is 0 Å². The lowest BCUT2D eigenvalue weighted by molar-refractivity contribution is -0.123. The maximum absolute atomic E-state index is 13.2. The first-order chi connectivity index (χ1) is 14.0. The smallest absolute Gasteiger partial charge is 0.255 e. The molecule has 1 N–H and O–H groups in total. The lowest BCUT2D eigenvalue weighted by Crippen LogP contribution is -2.37. The Bertz CT molecular complexity index is 980. The summed E-state index contributed by atoms with van der Waals surface area (Å²) in [6, 6.07) is 15.9. The van der Waals surface area contributed by atoms with Crippen LogP contribution in [0.2, 0.25) is 0 Å². The number of anilines is 2. The minimum absolute atomic E-state index is 0.122. The van der Waals surface area contributed by atoms with Crippen LogP contribution in [0.3, 0.4) is 0 Å². The number of carbonyl (C=O) groups excluding carboxylic acids is 3. The zero-order valence-corrected chi connectivity index (χ0v) is 18.5. The number of halogens is 2. The first kappa shape index (κ1) is 19.0. The van der Waals surface area contributed by atoms with Gasteiger partial charge in [-0.25, -0.2) is 4.90 Å². The topological polar surface area (TPSA) is 66.5 Å². The van der Waals surface area contributed by atoms with E-state index in [1.165, 1.54) is 4.90 Å². The van der Waals surface area contributed by atoms with E-state index in [0.29, 0.717) is 16.9 Å². The molecule has 6 atom stereocenters. The van der Waals surface area contributed by atoms with Crippen molar-refractivity contribution in [2.75, 3.05) is 10.2 Å². The Balaban J connectivity index is 1.41. The zero-order chi connectivity index (χ0) is 20.3. The van der Waals surface area contributed by atoms with Gasteiger partial charge in [0.05, 0.1) is 17.5 Å². The average Bonchev–Trinajstić information content (AvgIpc) is 3.33. The average molecular weight is 518 g/mol. The highest BCUT2D eigenvalue weighted by Crippen LogP contribution is 2.60. The molecule has 2 aliphatic carbocycles. The van der Waals surface area contributed by atoms with Crippen molar-refractivity contribution in [2.45, 2.75) is 16.1 Å². The number of alkyl halides is 2. The van der Waals surface area contributed by atoms with Crippen LogP contribution in [0.15, 0.2) is 54.6 Å². The normalized spacial score (nSPS) is 32.6. The fourth-order valence-electron chi connectivity index (χ4n) is 5.12. The number of hydrogen-bond donors (Lipinski definition) is 1. The van der Waals surface area contributed by atoms with Gasteiger partial charge in [-0.15, -0.1) is 0 Å². The number of amides is 3. The Morgan fingerprint density at radius 1 is 0.897 bits per heavy atom. The van der Waals surface area contributed by atoms with Crippen molar-refractivity contribution in [1.82, 2.24) is 0 Å². The van der Waals surface area contributed by atoms with Crippen LogP contribution in [0.1, 0.15) is 16.8 Å². The van der Waals surface area contributed by atoms with E-state index in [9.17, 15) is 14.4 Å². The molecule has 0 radical (unpaired) electrons. The Kier molecular flexibility index (Phi) is 4.62. The molecule has 2 aromatic rings. The second-order valence-corrected chi connectivity index (χ2v) is 10.0. The molecule has 3 aliphatic rings. The van der Waals surface area contributed by atoms with Gasteiger partial charge in [0, 0.05) is 20.9 Å². The highest BCUT2D eigenvalue weighted by atomic mass is 79.9. The number of imide groups is 1. The van der Waals surface area contributed by atoms with E-state index in [-0.39, 0.29) is 51.0 Å². The van der Waals surface area contributed by atoms with Gasteiger partial charge in [-0.2, -0.15) is 0 Å². The standard InChI is InChI=1S/C22H18Br2N2O3/c23-18-14-10-15(19(18)24)17-16(14)21(28)26(22(17)29)13-8-4-7-12(9-13)25-20(27)11-5-2-1-3-6-11/h1-9,14-19H,10H2,(H,25,27)/t14-,15-,16-,17-,18+,19+/m1/s1. The molecule has 2 bridgehead atoms. The number of fused-ring (bicyclic) bond motifs is 5. The summed E-state index contributed by atoms with van der Waals surface area (Å²) >= 11 is 7.41. The monoisotopic (exact) mass is 516 g/mol. The first-order valence-corrected chi connectivity index (χ1v) is 11.4. The van der Waals surface area contributed by atoms with Gasteiger partial charge in [0.25, 0.3) is 5.91 Å². The molecule has 0 aromatic heterocycles. The molecule has 1 aliphatic heterocycles. The summed E-state index contributed by atoms with van der Waals surface area (Å²) in [6.45, 7) is 0. The molecule has 5 nitrogen and oxygen atoms in total. The summed E-state index contributed by atoms with van der Waals surface area (Å²) in [7, 11) is 0. The predicted octanol–water partition coefficient (Wildman–Crippen LogP) is 4.22. The number of rotatable bonds is 3. The molecule has 5 rings (SSSR count). The molecule has 7 heteroatoms. The van der Waals surface area contributed by atoms with E-state index in [4.69, 9.17) is 0 Å². The number of benzene rings is 2. The van der Waals surface area contributed by atoms with Crippen LogP contribution in [-0.2, 0) is 9.59 Å². The highest BCUT2D eigenvalue weighted by Gasteiger charge is 2.66. The van der Waals surface area contributed by atoms with Crippen molar-refractivity contribution < 1.29 is 14.4 Å². The third-order valence-electron chi connectivity index (χ3n) is 6.39. The maximum atomic E-state index is 13.2. The number of carbonyl (C=O) groups is 3. The molecule has 3 fully saturated rings. The minimum Gasteiger partial charge on any atom is -0.322 e.